The van der Waals surface area contributed by atoms with Crippen molar-refractivity contribution in [2.24, 2.45) is 4.99 Å². The third kappa shape index (κ3) is 9.12. The molecule has 0 radical (unpaired) electrons. The van der Waals surface area contributed by atoms with Crippen molar-refractivity contribution in [2.75, 3.05) is 26.7 Å². The Hall–Kier alpha value is -2.23. The second-order valence-corrected chi connectivity index (χ2v) is 5.96. The van der Waals surface area contributed by atoms with Gasteiger partial charge in [-0.25, -0.2) is 8.78 Å². The van der Waals surface area contributed by atoms with E-state index in [0.29, 0.717) is 31.2 Å². The van der Waals surface area contributed by atoms with E-state index in [2.05, 4.69) is 20.9 Å². The largest absolute Gasteiger partial charge is 0.356 e. The molecule has 2 rings (SSSR count). The first-order valence-electron chi connectivity index (χ1n) is 8.77. The molecule has 28 heavy (non-hydrogen) atoms. The normalized spacial score (nSPS) is 10.8. The summed E-state index contributed by atoms with van der Waals surface area (Å²) in [5.74, 6) is -0.140. The second kappa shape index (κ2) is 13.0. The van der Waals surface area contributed by atoms with Crippen molar-refractivity contribution >= 4 is 35.8 Å². The van der Waals surface area contributed by atoms with Gasteiger partial charge in [0.2, 0.25) is 5.91 Å². The minimum absolute atomic E-state index is 0. The molecule has 0 heterocycles. The predicted octanol–water partition coefficient (Wildman–Crippen LogP) is 2.65. The van der Waals surface area contributed by atoms with E-state index in [1.165, 1.54) is 24.3 Å². The van der Waals surface area contributed by atoms with E-state index in [1.807, 2.05) is 0 Å². The van der Waals surface area contributed by atoms with Gasteiger partial charge in [0.15, 0.2) is 5.96 Å². The number of nitrogens with zero attached hydrogens (tertiary/aromatic N) is 1. The molecule has 0 atom stereocenters. The van der Waals surface area contributed by atoms with Gasteiger partial charge in [-0.15, -0.1) is 24.0 Å². The summed E-state index contributed by atoms with van der Waals surface area (Å²) in [7, 11) is 1.66. The highest BCUT2D eigenvalue weighted by atomic mass is 127. The summed E-state index contributed by atoms with van der Waals surface area (Å²) >= 11 is 0. The number of carbonyl (C=O) groups is 1. The Morgan fingerprint density at radius 3 is 2.25 bits per heavy atom. The van der Waals surface area contributed by atoms with Crippen LogP contribution in [0.1, 0.15) is 11.1 Å². The molecule has 0 unspecified atom stereocenters. The number of hydrogen-bond donors (Lipinski definition) is 3. The van der Waals surface area contributed by atoms with Gasteiger partial charge in [-0.2, -0.15) is 0 Å². The lowest BCUT2D eigenvalue weighted by atomic mass is 10.1. The van der Waals surface area contributed by atoms with Crippen LogP contribution in [0.2, 0.25) is 0 Å². The number of aliphatic imine (C=N–C) groups is 1. The van der Waals surface area contributed by atoms with Gasteiger partial charge in [0.1, 0.15) is 11.6 Å². The molecule has 0 saturated heterocycles. The number of amides is 1. The fourth-order valence-electron chi connectivity index (χ4n) is 2.47. The van der Waals surface area contributed by atoms with E-state index < -0.39 is 0 Å². The molecule has 0 fully saturated rings. The first-order valence-corrected chi connectivity index (χ1v) is 8.77. The number of hydrogen-bond acceptors (Lipinski definition) is 2. The lowest BCUT2D eigenvalue weighted by molar-refractivity contribution is -0.120. The highest BCUT2D eigenvalue weighted by molar-refractivity contribution is 14.0. The van der Waals surface area contributed by atoms with Gasteiger partial charge in [0.05, 0.1) is 6.42 Å². The molecule has 8 heteroatoms. The zero-order chi connectivity index (χ0) is 19.5. The lowest BCUT2D eigenvalue weighted by Gasteiger charge is -2.12. The van der Waals surface area contributed by atoms with Crippen LogP contribution in [-0.2, 0) is 17.6 Å². The van der Waals surface area contributed by atoms with Gasteiger partial charge in [-0.3, -0.25) is 9.79 Å². The van der Waals surface area contributed by atoms with Gasteiger partial charge in [-0.1, -0.05) is 24.3 Å². The fourth-order valence-corrected chi connectivity index (χ4v) is 2.47. The molecular formula is C20H25F2IN4O. The number of carbonyl (C=O) groups excluding carboxylic acids is 1. The van der Waals surface area contributed by atoms with E-state index in [0.717, 1.165) is 12.0 Å². The molecule has 0 bridgehead atoms. The van der Waals surface area contributed by atoms with Crippen LogP contribution in [0.4, 0.5) is 8.78 Å². The molecule has 0 aliphatic carbocycles. The molecule has 3 N–H and O–H groups in total. The predicted molar refractivity (Wildman–Crippen MR) is 118 cm³/mol. The molecule has 5 nitrogen and oxygen atoms in total. The maximum Gasteiger partial charge on any atom is 0.224 e. The van der Waals surface area contributed by atoms with Crippen LogP contribution in [0.15, 0.2) is 53.5 Å². The number of benzene rings is 2. The monoisotopic (exact) mass is 502 g/mol. The van der Waals surface area contributed by atoms with Gasteiger partial charge in [-0.05, 0) is 41.8 Å². The van der Waals surface area contributed by atoms with E-state index in [4.69, 9.17) is 0 Å². The summed E-state index contributed by atoms with van der Waals surface area (Å²) in [4.78, 5) is 16.0. The van der Waals surface area contributed by atoms with Crippen molar-refractivity contribution in [1.82, 2.24) is 16.0 Å². The zero-order valence-electron chi connectivity index (χ0n) is 15.7. The van der Waals surface area contributed by atoms with Crippen LogP contribution >= 0.6 is 24.0 Å². The molecule has 0 aromatic heterocycles. The minimum Gasteiger partial charge on any atom is -0.356 e. The smallest absolute Gasteiger partial charge is 0.224 e. The Kier molecular flexibility index (Phi) is 11.1. The summed E-state index contributed by atoms with van der Waals surface area (Å²) in [5.41, 5.74) is 1.67. The average Bonchev–Trinajstić information content (AvgIpc) is 2.65. The molecule has 1 amide bonds. The van der Waals surface area contributed by atoms with Gasteiger partial charge in [0.25, 0.3) is 0 Å². The van der Waals surface area contributed by atoms with Crippen molar-refractivity contribution in [1.29, 1.82) is 0 Å². The first-order chi connectivity index (χ1) is 13.1. The summed E-state index contributed by atoms with van der Waals surface area (Å²) in [6.07, 6.45) is 0.883. The number of halogens is 3. The highest BCUT2D eigenvalue weighted by Gasteiger charge is 2.04. The molecule has 2 aromatic carbocycles. The maximum absolute atomic E-state index is 13.1. The average molecular weight is 502 g/mol. The molecule has 2 aromatic rings. The first kappa shape index (κ1) is 23.8. The molecule has 0 spiro atoms. The van der Waals surface area contributed by atoms with Crippen molar-refractivity contribution in [3.8, 4) is 0 Å². The van der Waals surface area contributed by atoms with E-state index in [-0.39, 0.29) is 47.9 Å². The van der Waals surface area contributed by atoms with Crippen LogP contribution in [0.5, 0.6) is 0 Å². The summed E-state index contributed by atoms with van der Waals surface area (Å²) < 4.78 is 26.0. The summed E-state index contributed by atoms with van der Waals surface area (Å²) in [6, 6.07) is 12.4. The summed E-state index contributed by atoms with van der Waals surface area (Å²) in [6.45, 7) is 1.58. The van der Waals surface area contributed by atoms with Crippen molar-refractivity contribution < 1.29 is 13.6 Å². The Morgan fingerprint density at radius 2 is 1.57 bits per heavy atom. The van der Waals surface area contributed by atoms with Gasteiger partial charge >= 0.3 is 0 Å². The molecule has 0 aliphatic rings. The van der Waals surface area contributed by atoms with Crippen LogP contribution < -0.4 is 16.0 Å². The standard InChI is InChI=1S/C20H24F2N4O.HI/c1-23-20(25-10-9-15-5-7-17(21)8-6-15)26-12-11-24-19(27)14-16-3-2-4-18(22)13-16;/h2-8,13H,9-12,14H2,1H3,(H,24,27)(H2,23,25,26);1H. The van der Waals surface area contributed by atoms with E-state index in [9.17, 15) is 13.6 Å². The highest BCUT2D eigenvalue weighted by Crippen LogP contribution is 2.04. The molecule has 0 saturated carbocycles. The van der Waals surface area contributed by atoms with E-state index >= 15 is 0 Å². The minimum atomic E-state index is -0.350. The van der Waals surface area contributed by atoms with Gasteiger partial charge < -0.3 is 16.0 Å². The zero-order valence-corrected chi connectivity index (χ0v) is 18.0. The SMILES string of the molecule is CN=C(NCCNC(=O)Cc1cccc(F)c1)NCCc1ccc(F)cc1.I. The lowest BCUT2D eigenvalue weighted by Crippen LogP contribution is -2.42. The number of guanidine groups is 1. The van der Waals surface area contributed by atoms with E-state index in [1.54, 1.807) is 31.3 Å². The quantitative estimate of drug-likeness (QED) is 0.225. The van der Waals surface area contributed by atoms with Gasteiger partial charge in [0, 0.05) is 26.7 Å². The van der Waals surface area contributed by atoms with Crippen LogP contribution in [0, 0.1) is 11.6 Å². The summed E-state index contributed by atoms with van der Waals surface area (Å²) in [5, 5.41) is 9.03. The Morgan fingerprint density at radius 1 is 0.893 bits per heavy atom. The number of nitrogens with one attached hydrogen (secondary N) is 3. The van der Waals surface area contributed by atoms with Crippen LogP contribution in [0.3, 0.4) is 0 Å². The Balaban J connectivity index is 0.00000392. The molecular weight excluding hydrogens is 477 g/mol. The fraction of sp³-hybridized carbons (Fsp3) is 0.300. The Bertz CT molecular complexity index is 769. The topological polar surface area (TPSA) is 65.5 Å². The van der Waals surface area contributed by atoms with Crippen molar-refractivity contribution in [3.05, 3.63) is 71.3 Å². The molecule has 0 aliphatic heterocycles. The third-order valence-corrected chi connectivity index (χ3v) is 3.84. The number of rotatable bonds is 8. The van der Waals surface area contributed by atoms with Crippen LogP contribution in [-0.4, -0.2) is 38.5 Å². The van der Waals surface area contributed by atoms with Crippen molar-refractivity contribution in [3.63, 3.8) is 0 Å². The van der Waals surface area contributed by atoms with Crippen molar-refractivity contribution in [2.45, 2.75) is 12.8 Å². The van der Waals surface area contributed by atoms with Crippen LogP contribution in [0.25, 0.3) is 0 Å². The molecule has 152 valence electrons. The second-order valence-electron chi connectivity index (χ2n) is 5.96. The third-order valence-electron chi connectivity index (χ3n) is 3.84. The maximum atomic E-state index is 13.1. The Labute approximate surface area is 181 Å².